The molecule has 0 spiro atoms. The van der Waals surface area contributed by atoms with E-state index in [4.69, 9.17) is 9.94 Å². The number of hydrogen-bond acceptors (Lipinski definition) is 5. The smallest absolute Gasteiger partial charge is 0.277 e. The van der Waals surface area contributed by atoms with E-state index in [9.17, 15) is 14.9 Å². The van der Waals surface area contributed by atoms with E-state index in [1.165, 1.54) is 32.4 Å². The number of aliphatic hydroxyl groups is 1. The van der Waals surface area contributed by atoms with Crippen LogP contribution in [0.1, 0.15) is 15.9 Å². The first-order chi connectivity index (χ1) is 8.51. The molecule has 1 aromatic rings. The number of carbonyl (C=O) groups excluding carboxylic acids is 1. The Balaban J connectivity index is 3.14. The SMILES string of the molecule is CON(C)C(=O)c1ccc([N+](=O)[O-])c(CCO)c1. The number of nitrogens with zero attached hydrogens (tertiary/aromatic N) is 2. The summed E-state index contributed by atoms with van der Waals surface area (Å²) < 4.78 is 0. The van der Waals surface area contributed by atoms with Crippen LogP contribution in [-0.2, 0) is 11.3 Å². The molecule has 0 aliphatic rings. The number of rotatable bonds is 5. The largest absolute Gasteiger partial charge is 0.396 e. The lowest BCUT2D eigenvalue weighted by Gasteiger charge is -2.14. The Morgan fingerprint density at radius 2 is 2.22 bits per heavy atom. The van der Waals surface area contributed by atoms with Crippen molar-refractivity contribution in [3.8, 4) is 0 Å². The predicted octanol–water partition coefficient (Wildman–Crippen LogP) is 0.763. The Morgan fingerprint density at radius 1 is 1.56 bits per heavy atom. The lowest BCUT2D eigenvalue weighted by molar-refractivity contribution is -0.385. The fourth-order valence-electron chi connectivity index (χ4n) is 1.48. The lowest BCUT2D eigenvalue weighted by atomic mass is 10.1. The van der Waals surface area contributed by atoms with Crippen LogP contribution in [0.3, 0.4) is 0 Å². The molecule has 0 atom stereocenters. The monoisotopic (exact) mass is 254 g/mol. The molecule has 0 fully saturated rings. The summed E-state index contributed by atoms with van der Waals surface area (Å²) >= 11 is 0. The molecule has 0 bridgehead atoms. The van der Waals surface area contributed by atoms with Crippen LogP contribution in [0.25, 0.3) is 0 Å². The number of nitro groups is 1. The average Bonchev–Trinajstić information content (AvgIpc) is 2.37. The first kappa shape index (κ1) is 14.1. The van der Waals surface area contributed by atoms with Crippen molar-refractivity contribution in [2.45, 2.75) is 6.42 Å². The van der Waals surface area contributed by atoms with E-state index < -0.39 is 10.8 Å². The molecule has 18 heavy (non-hydrogen) atoms. The van der Waals surface area contributed by atoms with Crippen molar-refractivity contribution in [1.82, 2.24) is 5.06 Å². The molecular formula is C11H14N2O5. The number of aliphatic hydroxyl groups excluding tert-OH is 1. The van der Waals surface area contributed by atoms with Gasteiger partial charge in [0.15, 0.2) is 0 Å². The summed E-state index contributed by atoms with van der Waals surface area (Å²) in [5.41, 5.74) is 0.479. The summed E-state index contributed by atoms with van der Waals surface area (Å²) in [4.78, 5) is 26.8. The molecule has 0 aliphatic carbocycles. The van der Waals surface area contributed by atoms with E-state index >= 15 is 0 Å². The number of carbonyl (C=O) groups is 1. The van der Waals surface area contributed by atoms with E-state index in [0.29, 0.717) is 5.56 Å². The van der Waals surface area contributed by atoms with Gasteiger partial charge in [0.2, 0.25) is 0 Å². The number of amides is 1. The van der Waals surface area contributed by atoms with Crippen LogP contribution in [0.2, 0.25) is 0 Å². The maximum absolute atomic E-state index is 11.8. The maximum atomic E-state index is 11.8. The van der Waals surface area contributed by atoms with Gasteiger partial charge in [-0.05, 0) is 12.1 Å². The minimum Gasteiger partial charge on any atom is -0.396 e. The van der Waals surface area contributed by atoms with Gasteiger partial charge in [0.25, 0.3) is 11.6 Å². The molecule has 0 radical (unpaired) electrons. The van der Waals surface area contributed by atoms with E-state index in [0.717, 1.165) is 5.06 Å². The van der Waals surface area contributed by atoms with E-state index in [1.54, 1.807) is 0 Å². The Kier molecular flexibility index (Phi) is 4.75. The van der Waals surface area contributed by atoms with Crippen molar-refractivity contribution in [2.75, 3.05) is 20.8 Å². The Bertz CT molecular complexity index is 461. The minimum atomic E-state index is -0.542. The summed E-state index contributed by atoms with van der Waals surface area (Å²) in [7, 11) is 2.79. The van der Waals surface area contributed by atoms with Gasteiger partial charge in [-0.1, -0.05) is 0 Å². The summed E-state index contributed by atoms with van der Waals surface area (Å²) in [6.45, 7) is -0.224. The zero-order chi connectivity index (χ0) is 13.7. The second kappa shape index (κ2) is 6.08. The lowest BCUT2D eigenvalue weighted by Crippen LogP contribution is -2.25. The highest BCUT2D eigenvalue weighted by Gasteiger charge is 2.18. The second-order valence-electron chi connectivity index (χ2n) is 3.56. The van der Waals surface area contributed by atoms with Crippen LogP contribution < -0.4 is 0 Å². The molecular weight excluding hydrogens is 240 g/mol. The summed E-state index contributed by atoms with van der Waals surface area (Å²) in [6, 6.07) is 4.00. The molecule has 1 rings (SSSR count). The third kappa shape index (κ3) is 3.02. The van der Waals surface area contributed by atoms with Gasteiger partial charge in [-0.3, -0.25) is 19.7 Å². The summed E-state index contributed by atoms with van der Waals surface area (Å²) in [6.07, 6.45) is 0.119. The third-order valence-corrected chi connectivity index (χ3v) is 2.46. The first-order valence-electron chi connectivity index (χ1n) is 5.21. The molecule has 0 heterocycles. The van der Waals surface area contributed by atoms with E-state index in [1.807, 2.05) is 0 Å². The molecule has 0 saturated heterocycles. The molecule has 1 N–H and O–H groups in total. The number of nitro benzene ring substituents is 1. The highest BCUT2D eigenvalue weighted by molar-refractivity contribution is 5.93. The zero-order valence-corrected chi connectivity index (χ0v) is 10.1. The van der Waals surface area contributed by atoms with Gasteiger partial charge < -0.3 is 5.11 Å². The van der Waals surface area contributed by atoms with Crippen molar-refractivity contribution < 1.29 is 19.7 Å². The molecule has 1 amide bonds. The highest BCUT2D eigenvalue weighted by atomic mass is 16.7. The van der Waals surface area contributed by atoms with Crippen LogP contribution in [0.5, 0.6) is 0 Å². The maximum Gasteiger partial charge on any atom is 0.277 e. The van der Waals surface area contributed by atoms with Crippen LogP contribution in [0.15, 0.2) is 18.2 Å². The Hall–Kier alpha value is -1.99. The molecule has 0 aromatic heterocycles. The predicted molar refractivity (Wildman–Crippen MR) is 63.0 cm³/mol. The third-order valence-electron chi connectivity index (χ3n) is 2.46. The summed E-state index contributed by atoms with van der Waals surface area (Å²) in [5.74, 6) is -0.411. The molecule has 1 aromatic carbocycles. The van der Waals surface area contributed by atoms with E-state index in [2.05, 4.69) is 0 Å². The van der Waals surface area contributed by atoms with Crippen molar-refractivity contribution in [2.24, 2.45) is 0 Å². The number of benzene rings is 1. The molecule has 0 unspecified atom stereocenters. The topological polar surface area (TPSA) is 92.9 Å². The molecule has 7 nitrogen and oxygen atoms in total. The fraction of sp³-hybridized carbons (Fsp3) is 0.364. The zero-order valence-electron chi connectivity index (χ0n) is 10.1. The average molecular weight is 254 g/mol. The highest BCUT2D eigenvalue weighted by Crippen LogP contribution is 2.21. The molecule has 0 saturated carbocycles. The van der Waals surface area contributed by atoms with Gasteiger partial charge in [0.1, 0.15) is 0 Å². The summed E-state index contributed by atoms with van der Waals surface area (Å²) in [5, 5.41) is 20.7. The van der Waals surface area contributed by atoms with Gasteiger partial charge in [-0.15, -0.1) is 0 Å². The van der Waals surface area contributed by atoms with Crippen molar-refractivity contribution >= 4 is 11.6 Å². The minimum absolute atomic E-state index is 0.110. The molecule has 7 heteroatoms. The van der Waals surface area contributed by atoms with Crippen LogP contribution >= 0.6 is 0 Å². The Labute approximate surface area is 104 Å². The van der Waals surface area contributed by atoms with E-state index in [-0.39, 0.29) is 24.3 Å². The van der Waals surface area contributed by atoms with Gasteiger partial charge in [0.05, 0.1) is 12.0 Å². The second-order valence-corrected chi connectivity index (χ2v) is 3.56. The Morgan fingerprint density at radius 3 is 2.72 bits per heavy atom. The van der Waals surface area contributed by atoms with Crippen LogP contribution in [-0.4, -0.2) is 41.8 Å². The van der Waals surface area contributed by atoms with Crippen molar-refractivity contribution in [1.29, 1.82) is 0 Å². The molecule has 0 aliphatic heterocycles. The number of hydroxylamine groups is 2. The van der Waals surface area contributed by atoms with Gasteiger partial charge in [0, 0.05) is 37.3 Å². The van der Waals surface area contributed by atoms with Gasteiger partial charge in [-0.25, -0.2) is 5.06 Å². The van der Waals surface area contributed by atoms with Crippen LogP contribution in [0.4, 0.5) is 5.69 Å². The van der Waals surface area contributed by atoms with Crippen LogP contribution in [0, 0.1) is 10.1 Å². The van der Waals surface area contributed by atoms with Gasteiger partial charge in [-0.2, -0.15) is 0 Å². The number of hydrogen-bond donors (Lipinski definition) is 1. The molecule has 98 valence electrons. The quantitative estimate of drug-likeness (QED) is 0.618. The standard InChI is InChI=1S/C11H14N2O5/c1-12(18-2)11(15)9-3-4-10(13(16)17)8(7-9)5-6-14/h3-4,7,14H,5-6H2,1-2H3. The normalized spacial score (nSPS) is 10.2. The fourth-order valence-corrected chi connectivity index (χ4v) is 1.48. The van der Waals surface area contributed by atoms with Crippen molar-refractivity contribution in [3.63, 3.8) is 0 Å². The first-order valence-corrected chi connectivity index (χ1v) is 5.21. The van der Waals surface area contributed by atoms with Crippen molar-refractivity contribution in [3.05, 3.63) is 39.4 Å². The van der Waals surface area contributed by atoms with Gasteiger partial charge >= 0.3 is 0 Å².